The predicted molar refractivity (Wildman–Crippen MR) is 120 cm³/mol. The first kappa shape index (κ1) is 19.3. The lowest BCUT2D eigenvalue weighted by Crippen LogP contribution is -2.25. The highest BCUT2D eigenvalue weighted by molar-refractivity contribution is 6.31. The van der Waals surface area contributed by atoms with E-state index in [-0.39, 0.29) is 5.69 Å². The zero-order chi connectivity index (χ0) is 20.7. The van der Waals surface area contributed by atoms with E-state index in [1.54, 1.807) is 10.9 Å². The summed E-state index contributed by atoms with van der Waals surface area (Å²) in [5.41, 5.74) is 3.97. The Bertz CT molecular complexity index is 1250. The topological polar surface area (TPSA) is 52.2 Å². The molecule has 0 N–H and O–H groups in total. The van der Waals surface area contributed by atoms with Gasteiger partial charge in [-0.2, -0.15) is 9.61 Å². The van der Waals surface area contributed by atoms with Crippen LogP contribution in [0.25, 0.3) is 27.9 Å². The van der Waals surface area contributed by atoms with Crippen molar-refractivity contribution >= 4 is 28.8 Å². The monoisotopic (exact) mass is 438 g/mol. The zero-order valence-electron chi connectivity index (χ0n) is 16.3. The van der Waals surface area contributed by atoms with Crippen molar-refractivity contribution in [2.75, 3.05) is 0 Å². The zero-order valence-corrected chi connectivity index (χ0v) is 17.8. The minimum absolute atomic E-state index is 0.199. The molecule has 1 fully saturated rings. The first-order chi connectivity index (χ1) is 14.6. The van der Waals surface area contributed by atoms with Crippen LogP contribution in [0.5, 0.6) is 0 Å². The molecule has 30 heavy (non-hydrogen) atoms. The van der Waals surface area contributed by atoms with Crippen LogP contribution in [0.3, 0.4) is 0 Å². The lowest BCUT2D eigenvalue weighted by atomic mass is 9.97. The molecule has 0 bridgehead atoms. The highest BCUT2D eigenvalue weighted by atomic mass is 35.5. The molecule has 0 aliphatic heterocycles. The molecule has 1 aliphatic rings. The van der Waals surface area contributed by atoms with E-state index in [1.165, 1.54) is 17.4 Å². The van der Waals surface area contributed by atoms with Gasteiger partial charge in [0.15, 0.2) is 5.65 Å². The van der Waals surface area contributed by atoms with Crippen molar-refractivity contribution in [3.8, 4) is 22.3 Å². The predicted octanol–water partition coefficient (Wildman–Crippen LogP) is 5.72. The number of nitrogens with zero attached hydrogens (tertiary/aromatic N) is 4. The third-order valence-electron chi connectivity index (χ3n) is 5.81. The summed E-state index contributed by atoms with van der Waals surface area (Å²) in [7, 11) is 0. The number of hydrogen-bond acceptors (Lipinski definition) is 3. The van der Waals surface area contributed by atoms with E-state index < -0.39 is 0 Å². The average molecular weight is 439 g/mol. The smallest absolute Gasteiger partial charge is 0.244 e. The molecule has 0 spiro atoms. The van der Waals surface area contributed by atoms with Crippen LogP contribution in [0.4, 0.5) is 0 Å². The fourth-order valence-corrected chi connectivity index (χ4v) is 4.52. The number of hydrogen-bond donors (Lipinski definition) is 0. The summed E-state index contributed by atoms with van der Waals surface area (Å²) < 4.78 is 2.97. The summed E-state index contributed by atoms with van der Waals surface area (Å²) in [4.78, 5) is 13.0. The second-order valence-corrected chi connectivity index (χ2v) is 8.67. The molecule has 5 rings (SSSR count). The van der Waals surface area contributed by atoms with Crippen molar-refractivity contribution in [1.29, 1.82) is 0 Å². The minimum atomic E-state index is -0.199. The first-order valence-corrected chi connectivity index (χ1v) is 10.9. The molecule has 7 heteroatoms. The van der Waals surface area contributed by atoms with Gasteiger partial charge in [-0.05, 0) is 54.2 Å². The van der Waals surface area contributed by atoms with Crippen LogP contribution in [0.1, 0.15) is 25.7 Å². The van der Waals surface area contributed by atoms with Gasteiger partial charge in [0, 0.05) is 27.7 Å². The molecule has 0 saturated heterocycles. The van der Waals surface area contributed by atoms with E-state index in [4.69, 9.17) is 28.3 Å². The van der Waals surface area contributed by atoms with Crippen LogP contribution in [0.2, 0.25) is 10.0 Å². The lowest BCUT2D eigenvalue weighted by molar-refractivity contribution is 0.419. The Hall–Kier alpha value is -2.63. The lowest BCUT2D eigenvalue weighted by Gasteiger charge is -2.11. The molecule has 1 aliphatic carbocycles. The second kappa shape index (κ2) is 7.89. The van der Waals surface area contributed by atoms with Crippen LogP contribution in [0, 0.1) is 5.92 Å². The Balaban J connectivity index is 1.73. The molecule has 2 heterocycles. The maximum Gasteiger partial charge on any atom is 0.367 e. The molecule has 0 unspecified atom stereocenters. The molecule has 1 saturated carbocycles. The van der Waals surface area contributed by atoms with E-state index in [1.807, 2.05) is 48.5 Å². The van der Waals surface area contributed by atoms with Crippen LogP contribution in [-0.2, 0) is 6.54 Å². The number of halogens is 2. The summed E-state index contributed by atoms with van der Waals surface area (Å²) in [6.45, 7) is 0.637. The minimum Gasteiger partial charge on any atom is -0.244 e. The molecule has 2 aromatic carbocycles. The molecule has 0 atom stereocenters. The van der Waals surface area contributed by atoms with Gasteiger partial charge in [0.25, 0.3) is 0 Å². The standard InChI is InChI=1S/C23H20Cl2N4O/c24-18-9-5-16(6-10-18)20-13-26-29-22(21(20)17-7-11-19(25)12-8-17)27-28(23(29)30)14-15-3-1-2-4-15/h5-13,15H,1-4,14H2. The molecule has 0 amide bonds. The normalized spacial score (nSPS) is 14.6. The van der Waals surface area contributed by atoms with Gasteiger partial charge in [-0.3, -0.25) is 0 Å². The number of benzene rings is 2. The van der Waals surface area contributed by atoms with E-state index in [2.05, 4.69) is 5.10 Å². The first-order valence-electron chi connectivity index (χ1n) is 10.1. The van der Waals surface area contributed by atoms with Crippen molar-refractivity contribution < 1.29 is 0 Å². The molecule has 152 valence electrons. The van der Waals surface area contributed by atoms with Crippen molar-refractivity contribution in [3.05, 3.63) is 75.3 Å². The molecule has 4 aromatic rings. The Labute approximate surface area is 183 Å². The highest BCUT2D eigenvalue weighted by Crippen LogP contribution is 2.35. The quantitative estimate of drug-likeness (QED) is 0.409. The van der Waals surface area contributed by atoms with Gasteiger partial charge in [-0.25, -0.2) is 9.48 Å². The second-order valence-electron chi connectivity index (χ2n) is 7.80. The fourth-order valence-electron chi connectivity index (χ4n) is 4.27. The van der Waals surface area contributed by atoms with Gasteiger partial charge in [0.1, 0.15) is 0 Å². The summed E-state index contributed by atoms with van der Waals surface area (Å²) in [5.74, 6) is 0.502. The van der Waals surface area contributed by atoms with Crippen molar-refractivity contribution in [2.45, 2.75) is 32.2 Å². The highest BCUT2D eigenvalue weighted by Gasteiger charge is 2.22. The molecular formula is C23H20Cl2N4O. The summed E-state index contributed by atoms with van der Waals surface area (Å²) in [6, 6.07) is 15.1. The number of aromatic nitrogens is 4. The maximum atomic E-state index is 13.0. The third kappa shape index (κ3) is 3.53. The Morgan fingerprint density at radius 1 is 0.900 bits per heavy atom. The van der Waals surface area contributed by atoms with Crippen LogP contribution in [0.15, 0.2) is 59.5 Å². The van der Waals surface area contributed by atoms with Gasteiger partial charge in [-0.1, -0.05) is 60.3 Å². The molecule has 2 aromatic heterocycles. The summed E-state index contributed by atoms with van der Waals surface area (Å²) >= 11 is 12.2. The van der Waals surface area contributed by atoms with E-state index >= 15 is 0 Å². The van der Waals surface area contributed by atoms with Crippen molar-refractivity contribution in [3.63, 3.8) is 0 Å². The Morgan fingerprint density at radius 2 is 1.50 bits per heavy atom. The summed E-state index contributed by atoms with van der Waals surface area (Å²) in [6.07, 6.45) is 6.47. The van der Waals surface area contributed by atoms with Crippen molar-refractivity contribution in [2.24, 2.45) is 5.92 Å². The SMILES string of the molecule is O=c1n(CC2CCCC2)nc2c(-c3ccc(Cl)cc3)c(-c3ccc(Cl)cc3)cnn12. The molecule has 0 radical (unpaired) electrons. The molecule has 5 nitrogen and oxygen atoms in total. The number of fused-ring (bicyclic) bond motifs is 1. The van der Waals surface area contributed by atoms with Gasteiger partial charge >= 0.3 is 5.69 Å². The fraction of sp³-hybridized carbons (Fsp3) is 0.261. The van der Waals surface area contributed by atoms with Gasteiger partial charge in [0.2, 0.25) is 0 Å². The van der Waals surface area contributed by atoms with Crippen LogP contribution < -0.4 is 5.69 Å². The van der Waals surface area contributed by atoms with E-state index in [0.717, 1.165) is 35.1 Å². The van der Waals surface area contributed by atoms with Crippen LogP contribution >= 0.6 is 23.2 Å². The largest absolute Gasteiger partial charge is 0.367 e. The maximum absolute atomic E-state index is 13.0. The van der Waals surface area contributed by atoms with Gasteiger partial charge < -0.3 is 0 Å². The van der Waals surface area contributed by atoms with Crippen molar-refractivity contribution in [1.82, 2.24) is 19.4 Å². The Morgan fingerprint density at radius 3 is 2.13 bits per heavy atom. The number of rotatable bonds is 4. The van der Waals surface area contributed by atoms with Gasteiger partial charge in [-0.15, -0.1) is 5.10 Å². The van der Waals surface area contributed by atoms with E-state index in [0.29, 0.717) is 28.2 Å². The van der Waals surface area contributed by atoms with Crippen LogP contribution in [-0.4, -0.2) is 19.4 Å². The average Bonchev–Trinajstić information content (AvgIpc) is 3.37. The van der Waals surface area contributed by atoms with E-state index in [9.17, 15) is 4.79 Å². The Kier molecular flexibility index (Phi) is 5.09. The van der Waals surface area contributed by atoms with Gasteiger partial charge in [0.05, 0.1) is 6.20 Å². The molecular weight excluding hydrogens is 419 g/mol. The summed E-state index contributed by atoms with van der Waals surface area (Å²) in [5, 5.41) is 10.5. The third-order valence-corrected chi connectivity index (χ3v) is 6.31.